The van der Waals surface area contributed by atoms with E-state index in [0.29, 0.717) is 16.9 Å². The number of ether oxygens (including phenoxy) is 1. The number of imidazole rings is 1. The van der Waals surface area contributed by atoms with Crippen molar-refractivity contribution in [3.63, 3.8) is 0 Å². The van der Waals surface area contributed by atoms with Gasteiger partial charge in [0.05, 0.1) is 17.1 Å². The van der Waals surface area contributed by atoms with E-state index in [2.05, 4.69) is 14.7 Å². The van der Waals surface area contributed by atoms with E-state index in [1.807, 2.05) is 42.5 Å². The first kappa shape index (κ1) is 25.3. The lowest BCUT2D eigenvalue weighted by atomic mass is 9.96. The Bertz CT molecular complexity index is 1360. The lowest BCUT2D eigenvalue weighted by Crippen LogP contribution is -2.46. The predicted octanol–water partition coefficient (Wildman–Crippen LogP) is 7.33. The van der Waals surface area contributed by atoms with Crippen LogP contribution in [0.2, 0.25) is 0 Å². The molecule has 0 aliphatic rings. The largest absolute Gasteiger partial charge is 0.471 e. The normalized spacial score (nSPS) is 13.6. The number of rotatable bonds is 6. The monoisotopic (exact) mass is 506 g/mol. The molecule has 0 bridgehead atoms. The summed E-state index contributed by atoms with van der Waals surface area (Å²) in [6.07, 6.45) is -12.5. The van der Waals surface area contributed by atoms with Crippen molar-refractivity contribution < 1.29 is 36.2 Å². The van der Waals surface area contributed by atoms with E-state index in [1.165, 1.54) is 12.1 Å². The Morgan fingerprint density at radius 1 is 0.889 bits per heavy atom. The summed E-state index contributed by atoms with van der Waals surface area (Å²) in [4.78, 5) is 7.62. The van der Waals surface area contributed by atoms with E-state index < -0.39 is 30.3 Å². The molecular weight excluding hydrogens is 486 g/mol. The minimum Gasteiger partial charge on any atom is -0.471 e. The number of alkyl halides is 6. The predicted molar refractivity (Wildman–Crippen MR) is 124 cm³/mol. The van der Waals surface area contributed by atoms with Gasteiger partial charge in [-0.15, -0.1) is 0 Å². The summed E-state index contributed by atoms with van der Waals surface area (Å²) < 4.78 is 80.2. The number of aromatic amines is 1. The summed E-state index contributed by atoms with van der Waals surface area (Å²) in [5.41, 5.74) is 4.54. The Morgan fingerprint density at radius 3 is 2.19 bits per heavy atom. The van der Waals surface area contributed by atoms with Crippen LogP contribution in [0.1, 0.15) is 30.0 Å². The second-order valence-corrected chi connectivity index (χ2v) is 8.10. The van der Waals surface area contributed by atoms with Crippen LogP contribution in [0.4, 0.5) is 26.3 Å². The van der Waals surface area contributed by atoms with Gasteiger partial charge >= 0.3 is 12.4 Å². The molecule has 0 aliphatic carbocycles. The molecule has 1 heterocycles. The van der Waals surface area contributed by atoms with E-state index in [-0.39, 0.29) is 0 Å². The van der Waals surface area contributed by atoms with Gasteiger partial charge in [0.1, 0.15) is 11.6 Å². The quantitative estimate of drug-likeness (QED) is 0.269. The topological polar surface area (TPSA) is 58.1 Å². The van der Waals surface area contributed by atoms with Crippen molar-refractivity contribution in [3.05, 3.63) is 83.7 Å². The van der Waals surface area contributed by atoms with Crippen molar-refractivity contribution in [1.82, 2.24) is 9.97 Å². The third-order valence-electron chi connectivity index (χ3n) is 5.38. The maximum atomic E-state index is 12.7. The molecule has 0 saturated heterocycles. The zero-order valence-corrected chi connectivity index (χ0v) is 18.7. The van der Waals surface area contributed by atoms with Crippen molar-refractivity contribution in [2.45, 2.75) is 31.5 Å². The third-order valence-corrected chi connectivity index (χ3v) is 5.38. The third kappa shape index (κ3) is 5.71. The summed E-state index contributed by atoms with van der Waals surface area (Å²) in [7, 11) is 0. The number of aliphatic hydroxyl groups excluding tert-OH is 1. The van der Waals surface area contributed by atoms with Gasteiger partial charge in [-0.05, 0) is 59.5 Å². The van der Waals surface area contributed by atoms with Crippen LogP contribution in [0, 0.1) is 0 Å². The standard InChI is InChI=1S/C26H20F6N2O2/c1-15(35)19-4-2-3-5-20(19)17-9-12-21-22(14-17)34-23(33-21)13-8-16-6-10-18(11-7-16)36-24(25(27,28)29)26(30,31)32/h2-15,24,35H,1H3,(H,33,34)/b13-8+. The molecule has 0 saturated carbocycles. The average Bonchev–Trinajstić information content (AvgIpc) is 3.22. The first-order chi connectivity index (χ1) is 16.9. The average molecular weight is 506 g/mol. The number of nitrogens with zero attached hydrogens (tertiary/aromatic N) is 1. The van der Waals surface area contributed by atoms with Crippen LogP contribution >= 0.6 is 0 Å². The fourth-order valence-electron chi connectivity index (χ4n) is 3.69. The summed E-state index contributed by atoms with van der Waals surface area (Å²) in [6.45, 7) is 1.69. The number of halogens is 6. The molecule has 0 spiro atoms. The Balaban J connectivity index is 1.52. The van der Waals surface area contributed by atoms with Crippen LogP contribution in [-0.4, -0.2) is 33.5 Å². The molecule has 1 atom stereocenters. The number of aliphatic hydroxyl groups is 1. The van der Waals surface area contributed by atoms with Gasteiger partial charge in [-0.3, -0.25) is 0 Å². The van der Waals surface area contributed by atoms with Crippen molar-refractivity contribution in [2.75, 3.05) is 0 Å². The molecule has 0 aliphatic heterocycles. The minimum atomic E-state index is -5.59. The molecule has 4 rings (SSSR count). The highest BCUT2D eigenvalue weighted by atomic mass is 19.4. The van der Waals surface area contributed by atoms with Crippen molar-refractivity contribution in [2.24, 2.45) is 0 Å². The number of aromatic nitrogens is 2. The van der Waals surface area contributed by atoms with Gasteiger partial charge in [0, 0.05) is 0 Å². The highest BCUT2D eigenvalue weighted by Gasteiger charge is 2.59. The molecular formula is C26H20F6N2O2. The Morgan fingerprint density at radius 2 is 1.56 bits per heavy atom. The number of fused-ring (bicyclic) bond motifs is 1. The summed E-state index contributed by atoms with van der Waals surface area (Å²) >= 11 is 0. The lowest BCUT2D eigenvalue weighted by Gasteiger charge is -2.23. The zero-order valence-electron chi connectivity index (χ0n) is 18.7. The molecule has 188 valence electrons. The minimum absolute atomic E-state index is 0.500. The Labute approximate surface area is 201 Å². The molecule has 36 heavy (non-hydrogen) atoms. The first-order valence-electron chi connectivity index (χ1n) is 10.8. The molecule has 0 radical (unpaired) electrons. The molecule has 0 amide bonds. The lowest BCUT2D eigenvalue weighted by molar-refractivity contribution is -0.299. The SMILES string of the molecule is CC(O)c1ccccc1-c1ccc2nc(/C=C/c3ccc(OC(C(F)(F)F)C(F)(F)F)cc3)[nH]c2c1. The number of hydrogen-bond donors (Lipinski definition) is 2. The van der Waals surface area contributed by atoms with E-state index in [1.54, 1.807) is 19.1 Å². The Kier molecular flexibility index (Phi) is 6.81. The fourth-order valence-corrected chi connectivity index (χ4v) is 3.69. The summed E-state index contributed by atoms with van der Waals surface area (Å²) in [5.74, 6) is -0.0546. The van der Waals surface area contributed by atoms with E-state index in [9.17, 15) is 31.4 Å². The van der Waals surface area contributed by atoms with Crippen LogP contribution in [0.5, 0.6) is 5.75 Å². The molecule has 1 aromatic heterocycles. The van der Waals surface area contributed by atoms with E-state index >= 15 is 0 Å². The number of benzene rings is 3. The van der Waals surface area contributed by atoms with Crippen molar-refractivity contribution >= 4 is 23.2 Å². The van der Waals surface area contributed by atoms with Crippen LogP contribution in [-0.2, 0) is 0 Å². The van der Waals surface area contributed by atoms with Gasteiger partial charge in [0.25, 0.3) is 6.10 Å². The van der Waals surface area contributed by atoms with Crippen molar-refractivity contribution in [1.29, 1.82) is 0 Å². The van der Waals surface area contributed by atoms with Gasteiger partial charge in [-0.25, -0.2) is 4.98 Å². The summed E-state index contributed by atoms with van der Waals surface area (Å²) in [5, 5.41) is 10.1. The molecule has 1 unspecified atom stereocenters. The van der Waals surface area contributed by atoms with Crippen LogP contribution < -0.4 is 4.74 Å². The van der Waals surface area contributed by atoms with Crippen LogP contribution in [0.3, 0.4) is 0 Å². The smallest absolute Gasteiger partial charge is 0.434 e. The molecule has 2 N–H and O–H groups in total. The van der Waals surface area contributed by atoms with Gasteiger partial charge in [0.2, 0.25) is 0 Å². The first-order valence-corrected chi connectivity index (χ1v) is 10.8. The molecule has 10 heteroatoms. The molecule has 0 fully saturated rings. The molecule has 3 aromatic carbocycles. The number of nitrogens with one attached hydrogen (secondary N) is 1. The van der Waals surface area contributed by atoms with Crippen molar-refractivity contribution in [3.8, 4) is 16.9 Å². The fraction of sp³-hybridized carbons (Fsp3) is 0.192. The van der Waals surface area contributed by atoms with E-state index in [0.717, 1.165) is 34.3 Å². The van der Waals surface area contributed by atoms with E-state index in [4.69, 9.17) is 0 Å². The summed E-state index contributed by atoms with van der Waals surface area (Å²) in [6, 6.07) is 17.9. The van der Waals surface area contributed by atoms with Gasteiger partial charge in [-0.2, -0.15) is 26.3 Å². The van der Waals surface area contributed by atoms with Gasteiger partial charge < -0.3 is 14.8 Å². The number of H-pyrrole nitrogens is 1. The Hall–Kier alpha value is -3.79. The van der Waals surface area contributed by atoms with Gasteiger partial charge in [0.15, 0.2) is 0 Å². The molecule has 4 nitrogen and oxygen atoms in total. The molecule has 4 aromatic rings. The maximum Gasteiger partial charge on any atom is 0.434 e. The van der Waals surface area contributed by atoms with Crippen LogP contribution in [0.15, 0.2) is 66.7 Å². The highest BCUT2D eigenvalue weighted by Crippen LogP contribution is 2.36. The van der Waals surface area contributed by atoms with Gasteiger partial charge in [-0.1, -0.05) is 48.5 Å². The van der Waals surface area contributed by atoms with Crippen LogP contribution in [0.25, 0.3) is 34.3 Å². The second kappa shape index (κ2) is 9.69. The number of hydrogen-bond acceptors (Lipinski definition) is 3. The maximum absolute atomic E-state index is 12.7. The second-order valence-electron chi connectivity index (χ2n) is 8.10. The highest BCUT2D eigenvalue weighted by molar-refractivity contribution is 5.84. The zero-order chi connectivity index (χ0) is 26.1.